The van der Waals surface area contributed by atoms with Crippen LogP contribution in [0, 0.1) is 6.92 Å². The molecule has 2 aliphatic heterocycles. The molecule has 0 atom stereocenters. The van der Waals surface area contributed by atoms with E-state index in [9.17, 15) is 14.4 Å². The fourth-order valence-electron chi connectivity index (χ4n) is 4.93. The van der Waals surface area contributed by atoms with Gasteiger partial charge in [0.15, 0.2) is 0 Å². The van der Waals surface area contributed by atoms with Crippen molar-refractivity contribution in [1.82, 2.24) is 4.90 Å². The van der Waals surface area contributed by atoms with E-state index in [0.29, 0.717) is 16.6 Å². The SMILES string of the molecule is CC1=CC(C)(C)N(C(C)C)c2ccc(/C=C3\SC(=O)N(CC(=O)Nc4ccccc4C)C3=O)cc21. The number of rotatable bonds is 5. The van der Waals surface area contributed by atoms with Crippen LogP contribution in [0.1, 0.15) is 51.3 Å². The first kappa shape index (κ1) is 24.8. The topological polar surface area (TPSA) is 69.7 Å². The Balaban J connectivity index is 1.55. The van der Waals surface area contributed by atoms with Crippen molar-refractivity contribution in [3.63, 3.8) is 0 Å². The van der Waals surface area contributed by atoms with E-state index in [1.54, 1.807) is 12.1 Å². The first-order valence-electron chi connectivity index (χ1n) is 11.7. The smallest absolute Gasteiger partial charge is 0.294 e. The van der Waals surface area contributed by atoms with Gasteiger partial charge in [-0.25, -0.2) is 0 Å². The maximum Gasteiger partial charge on any atom is 0.294 e. The summed E-state index contributed by atoms with van der Waals surface area (Å²) >= 11 is 0.865. The van der Waals surface area contributed by atoms with E-state index in [2.05, 4.69) is 63.0 Å². The Hall–Kier alpha value is -3.32. The molecule has 2 aliphatic rings. The summed E-state index contributed by atoms with van der Waals surface area (Å²) in [6.45, 7) is 12.4. The minimum Gasteiger partial charge on any atom is -0.360 e. The molecule has 0 aromatic heterocycles. The van der Waals surface area contributed by atoms with Crippen molar-refractivity contribution < 1.29 is 14.4 Å². The normalized spacial score (nSPS) is 18.3. The summed E-state index contributed by atoms with van der Waals surface area (Å²) in [6.07, 6.45) is 4.00. The van der Waals surface area contributed by atoms with Gasteiger partial charge in [0.1, 0.15) is 6.54 Å². The molecule has 6 nitrogen and oxygen atoms in total. The van der Waals surface area contributed by atoms with Gasteiger partial charge in [-0.3, -0.25) is 19.3 Å². The third-order valence-corrected chi connectivity index (χ3v) is 7.21. The fraction of sp³-hybridized carbons (Fsp3) is 0.321. The number of benzene rings is 2. The molecular formula is C28H31N3O3S. The number of thioether (sulfide) groups is 1. The summed E-state index contributed by atoms with van der Waals surface area (Å²) < 4.78 is 0. The molecule has 0 unspecified atom stereocenters. The van der Waals surface area contributed by atoms with Gasteiger partial charge in [0.25, 0.3) is 11.1 Å². The third-order valence-electron chi connectivity index (χ3n) is 6.30. The minimum atomic E-state index is -0.449. The third kappa shape index (κ3) is 4.91. The van der Waals surface area contributed by atoms with Crippen LogP contribution in [0.3, 0.4) is 0 Å². The van der Waals surface area contributed by atoms with Crippen molar-refractivity contribution >= 4 is 51.8 Å². The molecule has 1 saturated heterocycles. The lowest BCUT2D eigenvalue weighted by Gasteiger charge is -2.46. The molecular weight excluding hydrogens is 458 g/mol. The maximum absolute atomic E-state index is 13.0. The van der Waals surface area contributed by atoms with E-state index in [1.807, 2.05) is 31.2 Å². The predicted molar refractivity (Wildman–Crippen MR) is 144 cm³/mol. The highest BCUT2D eigenvalue weighted by Gasteiger charge is 2.37. The Morgan fingerprint density at radius 2 is 1.83 bits per heavy atom. The second kappa shape index (κ2) is 9.38. The summed E-state index contributed by atoms with van der Waals surface area (Å²) in [7, 11) is 0. The molecule has 4 rings (SSSR count). The van der Waals surface area contributed by atoms with E-state index in [0.717, 1.165) is 39.0 Å². The van der Waals surface area contributed by atoms with Crippen molar-refractivity contribution in [2.24, 2.45) is 0 Å². The molecule has 0 aliphatic carbocycles. The van der Waals surface area contributed by atoms with Gasteiger partial charge >= 0.3 is 0 Å². The highest BCUT2D eigenvalue weighted by molar-refractivity contribution is 8.18. The number of carbonyl (C=O) groups excluding carboxylic acids is 3. The molecule has 2 aromatic carbocycles. The second-order valence-corrected chi connectivity index (χ2v) is 10.8. The lowest BCUT2D eigenvalue weighted by Crippen LogP contribution is -2.49. The molecule has 2 heterocycles. The lowest BCUT2D eigenvalue weighted by molar-refractivity contribution is -0.127. The summed E-state index contributed by atoms with van der Waals surface area (Å²) in [4.78, 5) is 41.7. The van der Waals surface area contributed by atoms with Crippen molar-refractivity contribution in [1.29, 1.82) is 0 Å². The number of aryl methyl sites for hydroxylation is 1. The average Bonchev–Trinajstić information content (AvgIpc) is 3.02. The number of imide groups is 1. The van der Waals surface area contributed by atoms with Crippen LogP contribution in [0.15, 0.2) is 53.4 Å². The van der Waals surface area contributed by atoms with Gasteiger partial charge in [-0.1, -0.05) is 30.3 Å². The molecule has 35 heavy (non-hydrogen) atoms. The van der Waals surface area contributed by atoms with E-state index >= 15 is 0 Å². The number of anilines is 2. The van der Waals surface area contributed by atoms with Gasteiger partial charge < -0.3 is 10.2 Å². The number of hydrogen-bond donors (Lipinski definition) is 1. The van der Waals surface area contributed by atoms with Crippen LogP contribution in [-0.4, -0.2) is 40.1 Å². The first-order valence-corrected chi connectivity index (χ1v) is 12.5. The number of amides is 3. The van der Waals surface area contributed by atoms with Crippen LogP contribution in [0.25, 0.3) is 11.6 Å². The van der Waals surface area contributed by atoms with Crippen molar-refractivity contribution in [2.45, 2.75) is 53.1 Å². The van der Waals surface area contributed by atoms with Crippen LogP contribution in [0.5, 0.6) is 0 Å². The van der Waals surface area contributed by atoms with E-state index in [4.69, 9.17) is 0 Å². The summed E-state index contributed by atoms with van der Waals surface area (Å²) in [5, 5.41) is 2.34. The van der Waals surface area contributed by atoms with Gasteiger partial charge in [0.2, 0.25) is 5.91 Å². The van der Waals surface area contributed by atoms with E-state index in [-0.39, 0.29) is 12.1 Å². The summed E-state index contributed by atoms with van der Waals surface area (Å²) in [6, 6.07) is 13.8. The minimum absolute atomic E-state index is 0.103. The zero-order valence-electron chi connectivity index (χ0n) is 21.0. The highest BCUT2D eigenvalue weighted by atomic mass is 32.2. The number of nitrogens with zero attached hydrogens (tertiary/aromatic N) is 2. The first-order chi connectivity index (χ1) is 16.5. The highest BCUT2D eigenvalue weighted by Crippen LogP contribution is 2.41. The molecule has 2 aromatic rings. The Morgan fingerprint density at radius 1 is 1.11 bits per heavy atom. The standard InChI is InChI=1S/C28H31N3O3S/c1-17(2)31-23-12-11-20(13-21(23)19(4)15-28(31,5)6)14-24-26(33)30(27(34)35-24)16-25(32)29-22-10-8-7-9-18(22)3/h7-15,17H,16H2,1-6H3,(H,29,32)/b24-14-. The number of carbonyl (C=O) groups is 3. The monoisotopic (exact) mass is 489 g/mol. The molecule has 182 valence electrons. The van der Waals surface area contributed by atoms with Gasteiger partial charge in [0, 0.05) is 23.0 Å². The average molecular weight is 490 g/mol. The Labute approximate surface area is 211 Å². The Kier molecular flexibility index (Phi) is 6.64. The van der Waals surface area contributed by atoms with E-state index < -0.39 is 17.1 Å². The summed E-state index contributed by atoms with van der Waals surface area (Å²) in [5.41, 5.74) is 5.76. The Morgan fingerprint density at radius 3 is 2.51 bits per heavy atom. The molecule has 0 spiro atoms. The predicted octanol–water partition coefficient (Wildman–Crippen LogP) is 6.08. The van der Waals surface area contributed by atoms with Crippen molar-refractivity contribution in [2.75, 3.05) is 16.8 Å². The number of hydrogen-bond acceptors (Lipinski definition) is 5. The number of fused-ring (bicyclic) bond motifs is 1. The quantitative estimate of drug-likeness (QED) is 0.516. The largest absolute Gasteiger partial charge is 0.360 e. The zero-order valence-corrected chi connectivity index (χ0v) is 21.8. The van der Waals surface area contributed by atoms with Crippen LogP contribution in [0.4, 0.5) is 16.2 Å². The summed E-state index contributed by atoms with van der Waals surface area (Å²) in [5.74, 6) is -0.858. The van der Waals surface area contributed by atoms with Crippen LogP contribution < -0.4 is 10.2 Å². The van der Waals surface area contributed by atoms with Crippen molar-refractivity contribution in [3.05, 3.63) is 70.1 Å². The second-order valence-electron chi connectivity index (χ2n) is 9.85. The number of nitrogens with one attached hydrogen (secondary N) is 1. The molecule has 0 radical (unpaired) electrons. The molecule has 7 heteroatoms. The van der Waals surface area contributed by atoms with Gasteiger partial charge in [-0.15, -0.1) is 0 Å². The number of allylic oxidation sites excluding steroid dienone is 1. The number of para-hydroxylation sites is 1. The van der Waals surface area contributed by atoms with Crippen LogP contribution in [0.2, 0.25) is 0 Å². The lowest BCUT2D eigenvalue weighted by atomic mass is 9.87. The molecule has 1 N–H and O–H groups in total. The van der Waals surface area contributed by atoms with Gasteiger partial charge in [-0.05, 0) is 94.3 Å². The molecule has 0 saturated carbocycles. The maximum atomic E-state index is 13.0. The van der Waals surface area contributed by atoms with Gasteiger partial charge in [-0.2, -0.15) is 0 Å². The molecule has 3 amide bonds. The Bertz CT molecular complexity index is 1280. The molecule has 1 fully saturated rings. The van der Waals surface area contributed by atoms with Gasteiger partial charge in [0.05, 0.1) is 10.4 Å². The van der Waals surface area contributed by atoms with E-state index in [1.165, 1.54) is 5.57 Å². The van der Waals surface area contributed by atoms with Crippen LogP contribution in [-0.2, 0) is 9.59 Å². The molecule has 0 bridgehead atoms. The van der Waals surface area contributed by atoms with Crippen molar-refractivity contribution in [3.8, 4) is 0 Å². The van der Waals surface area contributed by atoms with Crippen LogP contribution >= 0.6 is 11.8 Å². The fourth-order valence-corrected chi connectivity index (χ4v) is 5.77. The zero-order chi connectivity index (χ0) is 25.5.